The number of nitrogens with zero attached hydrogens (tertiary/aromatic N) is 5. The summed E-state index contributed by atoms with van der Waals surface area (Å²) in [6.45, 7) is 3.02. The fraction of sp³-hybridized carbons (Fsp3) is 0.600. The molecule has 2 aromatic heterocycles. The number of pyridine rings is 1. The summed E-state index contributed by atoms with van der Waals surface area (Å²) < 4.78 is 0. The monoisotopic (exact) mass is 368 g/mol. The molecule has 27 heavy (non-hydrogen) atoms. The Balaban J connectivity index is 1.22. The third-order valence-electron chi connectivity index (χ3n) is 6.11. The number of H-pyrrole nitrogens is 1. The molecule has 7 heteroatoms. The lowest BCUT2D eigenvalue weighted by atomic mass is 9.88. The summed E-state index contributed by atoms with van der Waals surface area (Å²) in [6, 6.07) is 4.16. The van der Waals surface area contributed by atoms with Gasteiger partial charge >= 0.3 is 0 Å². The van der Waals surface area contributed by atoms with Crippen molar-refractivity contribution in [3.8, 4) is 0 Å². The number of carbonyl (C=O) groups is 1. The first-order valence-corrected chi connectivity index (χ1v) is 9.99. The highest BCUT2D eigenvalue weighted by Gasteiger charge is 2.29. The Morgan fingerprint density at radius 3 is 2.70 bits per heavy atom. The summed E-state index contributed by atoms with van der Waals surface area (Å²) in [7, 11) is 1.95. The molecule has 0 saturated carbocycles. The second-order valence-electron chi connectivity index (χ2n) is 7.84. The molecule has 2 aromatic rings. The number of hydrogen-bond donors (Lipinski definition) is 1. The van der Waals surface area contributed by atoms with E-state index in [2.05, 4.69) is 37.4 Å². The van der Waals surface area contributed by atoms with Gasteiger partial charge in [0.05, 0.1) is 11.4 Å². The van der Waals surface area contributed by atoms with Crippen molar-refractivity contribution in [1.29, 1.82) is 0 Å². The van der Waals surface area contributed by atoms with Crippen LogP contribution in [0.4, 0.5) is 5.69 Å². The summed E-state index contributed by atoms with van der Waals surface area (Å²) in [5.74, 6) is 1.02. The Morgan fingerprint density at radius 1 is 1.19 bits per heavy atom. The zero-order valence-electron chi connectivity index (χ0n) is 16.0. The Bertz CT molecular complexity index is 753. The quantitative estimate of drug-likeness (QED) is 0.874. The third-order valence-corrected chi connectivity index (χ3v) is 6.11. The average molecular weight is 368 g/mol. The molecule has 0 spiro atoms. The maximum atomic E-state index is 12.8. The summed E-state index contributed by atoms with van der Waals surface area (Å²) in [5, 5.41) is 11.0. The van der Waals surface area contributed by atoms with E-state index < -0.39 is 0 Å². The Labute approximate surface area is 160 Å². The SMILES string of the molecule is CN(CCC1CCN(c2ccncc2)CC1)C(=O)C1CCc2n[nH]nc2C1. The fourth-order valence-corrected chi connectivity index (χ4v) is 4.33. The second-order valence-corrected chi connectivity index (χ2v) is 7.84. The second kappa shape index (κ2) is 8.06. The number of carbonyl (C=O) groups excluding carboxylic acids is 1. The minimum atomic E-state index is 0.0566. The topological polar surface area (TPSA) is 78.0 Å². The van der Waals surface area contributed by atoms with Gasteiger partial charge in [-0.25, -0.2) is 0 Å². The molecule has 1 fully saturated rings. The highest BCUT2D eigenvalue weighted by Crippen LogP contribution is 2.26. The van der Waals surface area contributed by atoms with Crippen LogP contribution in [0.3, 0.4) is 0 Å². The van der Waals surface area contributed by atoms with Gasteiger partial charge in [0.2, 0.25) is 5.91 Å². The van der Waals surface area contributed by atoms with E-state index in [0.29, 0.717) is 5.92 Å². The van der Waals surface area contributed by atoms with E-state index in [1.54, 1.807) is 0 Å². The van der Waals surface area contributed by atoms with Gasteiger partial charge in [0.1, 0.15) is 0 Å². The number of nitrogens with one attached hydrogen (secondary N) is 1. The predicted octanol–water partition coefficient (Wildman–Crippen LogP) is 2.07. The van der Waals surface area contributed by atoms with Crippen LogP contribution in [0.1, 0.15) is 37.1 Å². The lowest BCUT2D eigenvalue weighted by molar-refractivity contribution is -0.134. The van der Waals surface area contributed by atoms with E-state index in [0.717, 1.165) is 56.7 Å². The molecule has 1 unspecified atom stereocenters. The van der Waals surface area contributed by atoms with Crippen molar-refractivity contribution < 1.29 is 4.79 Å². The van der Waals surface area contributed by atoms with Crippen molar-refractivity contribution in [1.82, 2.24) is 25.3 Å². The molecule has 3 heterocycles. The number of rotatable bonds is 5. The van der Waals surface area contributed by atoms with Crippen LogP contribution in [0, 0.1) is 11.8 Å². The van der Waals surface area contributed by atoms with E-state index in [9.17, 15) is 4.79 Å². The van der Waals surface area contributed by atoms with Crippen LogP contribution < -0.4 is 4.90 Å². The molecule has 144 valence electrons. The summed E-state index contributed by atoms with van der Waals surface area (Å²) >= 11 is 0. The van der Waals surface area contributed by atoms with Gasteiger partial charge in [0.25, 0.3) is 0 Å². The number of aromatic nitrogens is 4. The van der Waals surface area contributed by atoms with Crippen LogP contribution in [0.15, 0.2) is 24.5 Å². The molecule has 0 bridgehead atoms. The molecule has 1 saturated heterocycles. The number of aryl methyl sites for hydroxylation is 1. The molecule has 1 aliphatic carbocycles. The summed E-state index contributed by atoms with van der Waals surface area (Å²) in [5.41, 5.74) is 3.26. The largest absolute Gasteiger partial charge is 0.371 e. The number of amides is 1. The first kappa shape index (κ1) is 17.9. The number of aromatic amines is 1. The van der Waals surface area contributed by atoms with Crippen LogP contribution in [0.2, 0.25) is 0 Å². The van der Waals surface area contributed by atoms with E-state index in [1.165, 1.54) is 18.5 Å². The number of anilines is 1. The average Bonchev–Trinajstić information content (AvgIpc) is 3.20. The normalized spacial score (nSPS) is 20.3. The van der Waals surface area contributed by atoms with Gasteiger partial charge in [-0.3, -0.25) is 9.78 Å². The Morgan fingerprint density at radius 2 is 1.93 bits per heavy atom. The number of piperidine rings is 1. The van der Waals surface area contributed by atoms with E-state index >= 15 is 0 Å². The molecule has 4 rings (SSSR count). The first-order chi connectivity index (χ1) is 13.2. The lowest BCUT2D eigenvalue weighted by Gasteiger charge is -2.34. The highest BCUT2D eigenvalue weighted by atomic mass is 16.2. The molecule has 1 atom stereocenters. The lowest BCUT2D eigenvalue weighted by Crippen LogP contribution is -2.38. The van der Waals surface area contributed by atoms with Crippen LogP contribution in [-0.4, -0.2) is 57.9 Å². The molecule has 2 aliphatic rings. The van der Waals surface area contributed by atoms with E-state index in [1.807, 2.05) is 24.3 Å². The molecule has 0 radical (unpaired) electrons. The number of hydrogen-bond acceptors (Lipinski definition) is 5. The van der Waals surface area contributed by atoms with E-state index in [-0.39, 0.29) is 11.8 Å². The van der Waals surface area contributed by atoms with E-state index in [4.69, 9.17) is 0 Å². The predicted molar refractivity (Wildman–Crippen MR) is 103 cm³/mol. The zero-order chi connectivity index (χ0) is 18.6. The van der Waals surface area contributed by atoms with Gasteiger partial charge in [-0.2, -0.15) is 15.4 Å². The van der Waals surface area contributed by atoms with Crippen LogP contribution in [0.25, 0.3) is 0 Å². The minimum absolute atomic E-state index is 0.0566. The van der Waals surface area contributed by atoms with Gasteiger partial charge in [0, 0.05) is 57.1 Å². The van der Waals surface area contributed by atoms with Crippen molar-refractivity contribution in [2.24, 2.45) is 11.8 Å². The van der Waals surface area contributed by atoms with Crippen molar-refractivity contribution in [3.63, 3.8) is 0 Å². The standard InChI is InChI=1S/C20H28N6O/c1-25(20(27)16-2-3-18-19(14-16)23-24-22-18)11-6-15-7-12-26(13-8-15)17-4-9-21-10-5-17/h4-5,9-10,15-16H,2-3,6-8,11-14H2,1H3,(H,22,23,24). The van der Waals surface area contributed by atoms with Gasteiger partial charge in [-0.15, -0.1) is 0 Å². The molecule has 1 aliphatic heterocycles. The third kappa shape index (κ3) is 4.12. The fourth-order valence-electron chi connectivity index (χ4n) is 4.33. The summed E-state index contributed by atoms with van der Waals surface area (Å²) in [4.78, 5) is 21.3. The van der Waals surface area contributed by atoms with Gasteiger partial charge in [-0.05, 0) is 50.2 Å². The van der Waals surface area contributed by atoms with Crippen LogP contribution >= 0.6 is 0 Å². The molecular formula is C20H28N6O. The van der Waals surface area contributed by atoms with Crippen molar-refractivity contribution in [2.75, 3.05) is 31.6 Å². The maximum Gasteiger partial charge on any atom is 0.225 e. The van der Waals surface area contributed by atoms with Crippen molar-refractivity contribution in [2.45, 2.75) is 38.5 Å². The summed E-state index contributed by atoms with van der Waals surface area (Å²) in [6.07, 6.45) is 9.64. The van der Waals surface area contributed by atoms with Crippen LogP contribution in [0.5, 0.6) is 0 Å². The van der Waals surface area contributed by atoms with Crippen molar-refractivity contribution in [3.05, 3.63) is 35.9 Å². The van der Waals surface area contributed by atoms with Gasteiger partial charge in [0.15, 0.2) is 0 Å². The molecular weight excluding hydrogens is 340 g/mol. The van der Waals surface area contributed by atoms with Gasteiger partial charge < -0.3 is 9.80 Å². The molecule has 0 aromatic carbocycles. The molecule has 1 amide bonds. The molecule has 7 nitrogen and oxygen atoms in total. The number of fused-ring (bicyclic) bond motifs is 1. The minimum Gasteiger partial charge on any atom is -0.371 e. The highest BCUT2D eigenvalue weighted by molar-refractivity contribution is 5.79. The first-order valence-electron chi connectivity index (χ1n) is 9.99. The van der Waals surface area contributed by atoms with Gasteiger partial charge in [-0.1, -0.05) is 0 Å². The zero-order valence-corrected chi connectivity index (χ0v) is 16.0. The van der Waals surface area contributed by atoms with Crippen molar-refractivity contribution >= 4 is 11.6 Å². The Hall–Kier alpha value is -2.44. The maximum absolute atomic E-state index is 12.8. The van der Waals surface area contributed by atoms with Crippen LogP contribution in [-0.2, 0) is 17.6 Å². The molecule has 1 N–H and O–H groups in total. The smallest absolute Gasteiger partial charge is 0.225 e. The Kier molecular flexibility index (Phi) is 5.36.